The summed E-state index contributed by atoms with van der Waals surface area (Å²) in [6.07, 6.45) is 2.00. The molecule has 4 heterocycles. The van der Waals surface area contributed by atoms with Crippen molar-refractivity contribution in [3.63, 3.8) is 0 Å². The van der Waals surface area contributed by atoms with Crippen LogP contribution in [0.3, 0.4) is 0 Å². The van der Waals surface area contributed by atoms with Gasteiger partial charge < -0.3 is 14.1 Å². The Labute approximate surface area is 227 Å². The third kappa shape index (κ3) is 5.79. The zero-order valence-corrected chi connectivity index (χ0v) is 22.1. The van der Waals surface area contributed by atoms with Gasteiger partial charge in [-0.25, -0.2) is 9.98 Å². The standard InChI is InChI=1S/C30H33N5O4/c1-20-8-10-21(11-9-20)23-18-24(27-17-22-5-2-3-6-25(22)39-27)32-30(31-23)33-28(36)19-34-12-14-35(15-13-34)29(37)26-7-4-16-38-26/h2-3,5-6,8-11,17,23,26H,4,7,12-16,18-19H2,1H3,(H,31,33,36). The molecule has 0 radical (unpaired) electrons. The number of para-hydroxylation sites is 1. The maximum absolute atomic E-state index is 13.0. The molecule has 0 saturated carbocycles. The first-order valence-electron chi connectivity index (χ1n) is 13.7. The molecule has 2 aromatic carbocycles. The lowest BCUT2D eigenvalue weighted by molar-refractivity contribution is -0.142. The highest BCUT2D eigenvalue weighted by atomic mass is 16.5. The molecular weight excluding hydrogens is 494 g/mol. The number of furan rings is 1. The van der Waals surface area contributed by atoms with Crippen molar-refractivity contribution in [2.45, 2.75) is 38.3 Å². The van der Waals surface area contributed by atoms with Gasteiger partial charge in [-0.3, -0.25) is 19.8 Å². The molecule has 2 fully saturated rings. The Balaban J connectivity index is 1.14. The minimum Gasteiger partial charge on any atom is -0.455 e. The predicted molar refractivity (Wildman–Crippen MR) is 149 cm³/mol. The first-order chi connectivity index (χ1) is 19.0. The van der Waals surface area contributed by atoms with Crippen molar-refractivity contribution >= 4 is 34.5 Å². The summed E-state index contributed by atoms with van der Waals surface area (Å²) in [6, 6.07) is 17.9. The first kappa shape index (κ1) is 25.5. The number of amides is 2. The molecule has 2 unspecified atom stereocenters. The average Bonchev–Trinajstić information content (AvgIpc) is 3.64. The molecule has 0 bridgehead atoms. The topological polar surface area (TPSA) is 99.7 Å². The van der Waals surface area contributed by atoms with Gasteiger partial charge in [-0.2, -0.15) is 0 Å². The maximum Gasteiger partial charge on any atom is 0.251 e. The average molecular weight is 528 g/mol. The lowest BCUT2D eigenvalue weighted by Crippen LogP contribution is -2.53. The molecule has 0 aliphatic carbocycles. The number of rotatable bonds is 5. The van der Waals surface area contributed by atoms with Crippen LogP contribution in [0.1, 0.15) is 42.2 Å². The molecule has 202 valence electrons. The minimum absolute atomic E-state index is 0.0720. The smallest absolute Gasteiger partial charge is 0.251 e. The van der Waals surface area contributed by atoms with Gasteiger partial charge >= 0.3 is 0 Å². The number of hydrogen-bond donors (Lipinski definition) is 1. The molecular formula is C30H33N5O4. The van der Waals surface area contributed by atoms with Crippen LogP contribution in [0.4, 0.5) is 0 Å². The number of ether oxygens (including phenoxy) is 1. The van der Waals surface area contributed by atoms with Crippen LogP contribution in [0, 0.1) is 6.92 Å². The van der Waals surface area contributed by atoms with Gasteiger partial charge in [-0.1, -0.05) is 48.0 Å². The molecule has 3 aliphatic heterocycles. The van der Waals surface area contributed by atoms with E-state index in [1.807, 2.05) is 35.2 Å². The first-order valence-corrected chi connectivity index (χ1v) is 13.7. The number of aryl methyl sites for hydroxylation is 1. The van der Waals surface area contributed by atoms with Crippen LogP contribution in [0.25, 0.3) is 11.0 Å². The summed E-state index contributed by atoms with van der Waals surface area (Å²) in [5, 5.41) is 3.94. The fourth-order valence-electron chi connectivity index (χ4n) is 5.37. The zero-order valence-electron chi connectivity index (χ0n) is 22.1. The van der Waals surface area contributed by atoms with E-state index in [4.69, 9.17) is 19.1 Å². The number of nitrogens with zero attached hydrogens (tertiary/aromatic N) is 4. The number of fused-ring (bicyclic) bond motifs is 1. The Hall–Kier alpha value is -3.82. The second-order valence-electron chi connectivity index (χ2n) is 10.4. The Bertz CT molecular complexity index is 1380. The number of piperazine rings is 1. The number of aliphatic imine (C=N–C) groups is 2. The number of hydrogen-bond acceptors (Lipinski definition) is 7. The summed E-state index contributed by atoms with van der Waals surface area (Å²) in [4.78, 5) is 39.1. The molecule has 9 heteroatoms. The molecule has 9 nitrogen and oxygen atoms in total. The normalized spacial score (nSPS) is 22.0. The molecule has 2 amide bonds. The maximum atomic E-state index is 13.0. The number of carbonyl (C=O) groups excluding carboxylic acids is 2. The van der Waals surface area contributed by atoms with Crippen LogP contribution in [-0.4, -0.2) is 78.7 Å². The monoisotopic (exact) mass is 527 g/mol. The molecule has 39 heavy (non-hydrogen) atoms. The zero-order chi connectivity index (χ0) is 26.8. The fourth-order valence-corrected chi connectivity index (χ4v) is 5.37. The van der Waals surface area contributed by atoms with Crippen LogP contribution < -0.4 is 5.32 Å². The van der Waals surface area contributed by atoms with E-state index in [0.717, 1.165) is 35.1 Å². The largest absolute Gasteiger partial charge is 0.455 e. The van der Waals surface area contributed by atoms with Gasteiger partial charge in [-0.05, 0) is 37.5 Å². The minimum atomic E-state index is -0.301. The van der Waals surface area contributed by atoms with E-state index in [1.165, 1.54) is 5.56 Å². The van der Waals surface area contributed by atoms with Crippen LogP contribution >= 0.6 is 0 Å². The molecule has 1 aromatic heterocycles. The Morgan fingerprint density at radius 3 is 2.59 bits per heavy atom. The van der Waals surface area contributed by atoms with Crippen molar-refractivity contribution < 1.29 is 18.7 Å². The summed E-state index contributed by atoms with van der Waals surface area (Å²) in [5.74, 6) is 0.870. The van der Waals surface area contributed by atoms with Gasteiger partial charge in [0.25, 0.3) is 5.91 Å². The van der Waals surface area contributed by atoms with Gasteiger partial charge in [0.15, 0.2) is 0 Å². The van der Waals surface area contributed by atoms with Crippen molar-refractivity contribution in [1.29, 1.82) is 0 Å². The Kier molecular flexibility index (Phi) is 7.26. The van der Waals surface area contributed by atoms with Gasteiger partial charge in [0, 0.05) is 44.6 Å². The molecule has 3 aliphatic rings. The highest BCUT2D eigenvalue weighted by Gasteiger charge is 2.31. The molecule has 3 aromatic rings. The van der Waals surface area contributed by atoms with Gasteiger partial charge in [0.2, 0.25) is 11.9 Å². The lowest BCUT2D eigenvalue weighted by atomic mass is 9.98. The second-order valence-corrected chi connectivity index (χ2v) is 10.4. The lowest BCUT2D eigenvalue weighted by Gasteiger charge is -2.35. The molecule has 2 saturated heterocycles. The molecule has 2 atom stereocenters. The number of nitrogens with one attached hydrogen (secondary N) is 1. The molecule has 6 rings (SSSR count). The summed E-state index contributed by atoms with van der Waals surface area (Å²) in [6.45, 7) is 5.39. The van der Waals surface area contributed by atoms with Crippen molar-refractivity contribution in [1.82, 2.24) is 15.1 Å². The van der Waals surface area contributed by atoms with E-state index in [9.17, 15) is 9.59 Å². The fraction of sp³-hybridized carbons (Fsp3) is 0.400. The van der Waals surface area contributed by atoms with Crippen LogP contribution in [-0.2, 0) is 14.3 Å². The van der Waals surface area contributed by atoms with Gasteiger partial charge in [0.05, 0.1) is 18.3 Å². The third-order valence-electron chi connectivity index (χ3n) is 7.59. The van der Waals surface area contributed by atoms with E-state index in [0.29, 0.717) is 50.9 Å². The van der Waals surface area contributed by atoms with E-state index >= 15 is 0 Å². The van der Waals surface area contributed by atoms with Crippen molar-refractivity contribution in [3.05, 3.63) is 71.5 Å². The highest BCUT2D eigenvalue weighted by Crippen LogP contribution is 2.29. The van der Waals surface area contributed by atoms with Crippen LogP contribution in [0.15, 0.2) is 69.0 Å². The van der Waals surface area contributed by atoms with E-state index < -0.39 is 0 Å². The molecule has 1 N–H and O–H groups in total. The number of benzene rings is 2. The van der Waals surface area contributed by atoms with E-state index in [-0.39, 0.29) is 30.5 Å². The quantitative estimate of drug-likeness (QED) is 0.548. The van der Waals surface area contributed by atoms with Crippen LogP contribution in [0.5, 0.6) is 0 Å². The molecule has 0 spiro atoms. The highest BCUT2D eigenvalue weighted by molar-refractivity contribution is 6.11. The SMILES string of the molecule is Cc1ccc(C2CC(c3cc4ccccc4o3)=NC(NC(=O)CN3CCN(C(=O)C4CCCO4)CC3)=N2)cc1. The Morgan fingerprint density at radius 2 is 1.85 bits per heavy atom. The van der Waals surface area contributed by atoms with Crippen molar-refractivity contribution in [2.24, 2.45) is 9.98 Å². The van der Waals surface area contributed by atoms with Crippen molar-refractivity contribution in [2.75, 3.05) is 39.3 Å². The summed E-state index contributed by atoms with van der Waals surface area (Å²) in [7, 11) is 0. The Morgan fingerprint density at radius 1 is 1.05 bits per heavy atom. The predicted octanol–water partition coefficient (Wildman–Crippen LogP) is 3.47. The van der Waals surface area contributed by atoms with Gasteiger partial charge in [0.1, 0.15) is 17.4 Å². The van der Waals surface area contributed by atoms with E-state index in [1.54, 1.807) is 0 Å². The third-order valence-corrected chi connectivity index (χ3v) is 7.59. The number of carbonyl (C=O) groups is 2. The van der Waals surface area contributed by atoms with Gasteiger partial charge in [-0.15, -0.1) is 0 Å². The second kappa shape index (κ2) is 11.1. The summed E-state index contributed by atoms with van der Waals surface area (Å²) < 4.78 is 11.7. The summed E-state index contributed by atoms with van der Waals surface area (Å²) in [5.41, 5.74) is 3.79. The van der Waals surface area contributed by atoms with Crippen LogP contribution in [0.2, 0.25) is 0 Å². The van der Waals surface area contributed by atoms with E-state index in [2.05, 4.69) is 41.4 Å². The van der Waals surface area contributed by atoms with Crippen molar-refractivity contribution in [3.8, 4) is 0 Å². The summed E-state index contributed by atoms with van der Waals surface area (Å²) >= 11 is 0. The number of guanidine groups is 1.